The van der Waals surface area contributed by atoms with Gasteiger partial charge in [-0.3, -0.25) is 9.89 Å². The van der Waals surface area contributed by atoms with Crippen molar-refractivity contribution >= 4 is 29.9 Å². The third kappa shape index (κ3) is 6.26. The number of nitrogens with zero attached hydrogens (tertiary/aromatic N) is 2. The Morgan fingerprint density at radius 2 is 2.04 bits per heavy atom. The number of hydrogen-bond acceptors (Lipinski definition) is 2. The van der Waals surface area contributed by atoms with Crippen LogP contribution in [0.3, 0.4) is 0 Å². The Balaban J connectivity index is 0.00000338. The Labute approximate surface area is 168 Å². The molecule has 1 saturated heterocycles. The first-order valence-corrected chi connectivity index (χ1v) is 8.39. The highest BCUT2D eigenvalue weighted by atomic mass is 127. The van der Waals surface area contributed by atoms with Crippen LogP contribution in [-0.2, 0) is 12.7 Å². The van der Waals surface area contributed by atoms with Gasteiger partial charge in [0.1, 0.15) is 5.82 Å². The fourth-order valence-corrected chi connectivity index (χ4v) is 3.12. The smallest absolute Gasteiger partial charge is 0.355 e. The van der Waals surface area contributed by atoms with Crippen LogP contribution in [0, 0.1) is 5.82 Å². The van der Waals surface area contributed by atoms with Crippen LogP contribution in [0.25, 0.3) is 0 Å². The van der Waals surface area contributed by atoms with E-state index in [1.165, 1.54) is 0 Å². The highest BCUT2D eigenvalue weighted by Crippen LogP contribution is 2.32. The van der Waals surface area contributed by atoms with Gasteiger partial charge in [0.25, 0.3) is 0 Å². The maximum Gasteiger partial charge on any atom is 0.416 e. The standard InChI is InChI=1S/C17H24F4N4.HI/c1-3-25-8-4-5-14(25)11-24-16(22-2)23-10-12-6-7-13(18)9-15(12)17(19,20)21;/h6-7,9,14H,3-5,8,10-11H2,1-2H3,(H2,22,23,24);1H. The van der Waals surface area contributed by atoms with Crippen LogP contribution >= 0.6 is 24.0 Å². The first-order valence-electron chi connectivity index (χ1n) is 8.39. The molecule has 1 unspecified atom stereocenters. The maximum absolute atomic E-state index is 13.1. The number of alkyl halides is 3. The van der Waals surface area contributed by atoms with E-state index in [1.54, 1.807) is 7.05 Å². The van der Waals surface area contributed by atoms with Crippen molar-refractivity contribution in [3.63, 3.8) is 0 Å². The summed E-state index contributed by atoms with van der Waals surface area (Å²) in [6.07, 6.45) is -2.35. The van der Waals surface area contributed by atoms with Crippen molar-refractivity contribution in [1.29, 1.82) is 0 Å². The van der Waals surface area contributed by atoms with Crippen LogP contribution in [0.5, 0.6) is 0 Å². The maximum atomic E-state index is 13.1. The summed E-state index contributed by atoms with van der Waals surface area (Å²) in [5.74, 6) is -0.472. The third-order valence-electron chi connectivity index (χ3n) is 4.46. The SMILES string of the molecule is CCN1CCCC1CNC(=NC)NCc1ccc(F)cc1C(F)(F)F.I. The predicted molar refractivity (Wildman–Crippen MR) is 105 cm³/mol. The quantitative estimate of drug-likeness (QED) is 0.288. The van der Waals surface area contributed by atoms with Gasteiger partial charge < -0.3 is 10.6 Å². The van der Waals surface area contributed by atoms with Crippen LogP contribution < -0.4 is 10.6 Å². The number of aliphatic imine (C=N–C) groups is 1. The van der Waals surface area contributed by atoms with E-state index in [0.717, 1.165) is 38.1 Å². The summed E-state index contributed by atoms with van der Waals surface area (Å²) < 4.78 is 52.2. The van der Waals surface area contributed by atoms with E-state index in [0.29, 0.717) is 24.6 Å². The van der Waals surface area contributed by atoms with Gasteiger partial charge in [-0.2, -0.15) is 13.2 Å². The second-order valence-electron chi connectivity index (χ2n) is 6.03. The molecule has 0 saturated carbocycles. The largest absolute Gasteiger partial charge is 0.416 e. The molecule has 1 aromatic rings. The average Bonchev–Trinajstić information content (AvgIpc) is 3.02. The molecule has 0 radical (unpaired) electrons. The number of rotatable bonds is 5. The van der Waals surface area contributed by atoms with Crippen molar-refractivity contribution in [2.45, 2.75) is 38.5 Å². The molecular weight excluding hydrogens is 463 g/mol. The zero-order valence-electron chi connectivity index (χ0n) is 14.9. The van der Waals surface area contributed by atoms with E-state index in [-0.39, 0.29) is 36.1 Å². The topological polar surface area (TPSA) is 39.7 Å². The number of nitrogens with one attached hydrogen (secondary N) is 2. The van der Waals surface area contributed by atoms with Gasteiger partial charge in [0, 0.05) is 26.2 Å². The van der Waals surface area contributed by atoms with E-state index in [9.17, 15) is 17.6 Å². The van der Waals surface area contributed by atoms with Crippen LogP contribution in [0.1, 0.15) is 30.9 Å². The normalized spacial score (nSPS) is 18.5. The molecule has 0 bridgehead atoms. The first kappa shape index (κ1) is 22.9. The highest BCUT2D eigenvalue weighted by Gasteiger charge is 2.33. The lowest BCUT2D eigenvalue weighted by atomic mass is 10.1. The molecular formula is C17H25F4IN4. The van der Waals surface area contributed by atoms with Crippen molar-refractivity contribution in [3.8, 4) is 0 Å². The third-order valence-corrected chi connectivity index (χ3v) is 4.46. The minimum atomic E-state index is -4.60. The van der Waals surface area contributed by atoms with Crippen molar-refractivity contribution in [2.75, 3.05) is 26.7 Å². The second-order valence-corrected chi connectivity index (χ2v) is 6.03. The molecule has 0 aromatic heterocycles. The number of likely N-dealkylation sites (N-methyl/N-ethyl adjacent to an activating group) is 1. The molecule has 148 valence electrons. The molecule has 26 heavy (non-hydrogen) atoms. The number of likely N-dealkylation sites (tertiary alicyclic amines) is 1. The van der Waals surface area contributed by atoms with E-state index in [2.05, 4.69) is 27.4 Å². The summed E-state index contributed by atoms with van der Waals surface area (Å²) in [7, 11) is 1.57. The molecule has 1 fully saturated rings. The molecule has 4 nitrogen and oxygen atoms in total. The van der Waals surface area contributed by atoms with Crippen molar-refractivity contribution < 1.29 is 17.6 Å². The van der Waals surface area contributed by atoms with Gasteiger partial charge in [0.2, 0.25) is 0 Å². The zero-order chi connectivity index (χ0) is 18.4. The van der Waals surface area contributed by atoms with E-state index in [4.69, 9.17) is 0 Å². The molecule has 0 aliphatic carbocycles. The lowest BCUT2D eigenvalue weighted by Gasteiger charge is -2.24. The molecule has 9 heteroatoms. The molecule has 1 atom stereocenters. The molecule has 1 heterocycles. The number of benzene rings is 1. The van der Waals surface area contributed by atoms with Crippen molar-refractivity contribution in [1.82, 2.24) is 15.5 Å². The van der Waals surface area contributed by atoms with E-state index >= 15 is 0 Å². The fraction of sp³-hybridized carbons (Fsp3) is 0.588. The Morgan fingerprint density at radius 3 is 2.65 bits per heavy atom. The lowest BCUT2D eigenvalue weighted by molar-refractivity contribution is -0.138. The van der Waals surface area contributed by atoms with Gasteiger partial charge in [-0.1, -0.05) is 13.0 Å². The van der Waals surface area contributed by atoms with Crippen molar-refractivity contribution in [2.24, 2.45) is 4.99 Å². The van der Waals surface area contributed by atoms with Gasteiger partial charge in [0.15, 0.2) is 5.96 Å². The molecule has 2 rings (SSSR count). The summed E-state index contributed by atoms with van der Waals surface area (Å²) in [6, 6.07) is 3.10. The highest BCUT2D eigenvalue weighted by molar-refractivity contribution is 14.0. The Morgan fingerprint density at radius 1 is 1.31 bits per heavy atom. The summed E-state index contributed by atoms with van der Waals surface area (Å²) >= 11 is 0. The van der Waals surface area contributed by atoms with Gasteiger partial charge in [-0.15, -0.1) is 24.0 Å². The summed E-state index contributed by atoms with van der Waals surface area (Å²) in [5.41, 5.74) is -0.990. The second kappa shape index (κ2) is 10.3. The number of guanidine groups is 1. The van der Waals surface area contributed by atoms with E-state index < -0.39 is 17.6 Å². The monoisotopic (exact) mass is 488 g/mol. The van der Waals surface area contributed by atoms with Crippen LogP contribution in [0.2, 0.25) is 0 Å². The Kier molecular flexibility index (Phi) is 9.08. The minimum Gasteiger partial charge on any atom is -0.355 e. The average molecular weight is 488 g/mol. The summed E-state index contributed by atoms with van der Waals surface area (Å²) in [6.45, 7) is 4.75. The molecule has 0 amide bonds. The predicted octanol–water partition coefficient (Wildman–Crippen LogP) is 3.61. The van der Waals surface area contributed by atoms with Gasteiger partial charge in [0.05, 0.1) is 5.56 Å². The van der Waals surface area contributed by atoms with Gasteiger partial charge in [-0.25, -0.2) is 4.39 Å². The molecule has 1 aromatic carbocycles. The van der Waals surface area contributed by atoms with Gasteiger partial charge >= 0.3 is 6.18 Å². The lowest BCUT2D eigenvalue weighted by Crippen LogP contribution is -2.44. The van der Waals surface area contributed by atoms with E-state index in [1.807, 2.05) is 0 Å². The number of hydrogen-bond donors (Lipinski definition) is 2. The Bertz CT molecular complexity index is 607. The summed E-state index contributed by atoms with van der Waals surface area (Å²) in [5, 5.41) is 6.03. The first-order chi connectivity index (χ1) is 11.8. The zero-order valence-corrected chi connectivity index (χ0v) is 17.2. The molecule has 0 spiro atoms. The molecule has 2 N–H and O–H groups in total. The summed E-state index contributed by atoms with van der Waals surface area (Å²) in [4.78, 5) is 6.41. The van der Waals surface area contributed by atoms with Gasteiger partial charge in [-0.05, 0) is 43.6 Å². The number of halogens is 5. The minimum absolute atomic E-state index is 0. The molecule has 1 aliphatic rings. The van der Waals surface area contributed by atoms with Crippen LogP contribution in [-0.4, -0.2) is 43.6 Å². The van der Waals surface area contributed by atoms with Crippen LogP contribution in [0.4, 0.5) is 17.6 Å². The Hall–Kier alpha value is -1.10. The molecule has 1 aliphatic heterocycles. The van der Waals surface area contributed by atoms with Crippen LogP contribution in [0.15, 0.2) is 23.2 Å². The fourth-order valence-electron chi connectivity index (χ4n) is 3.12. The van der Waals surface area contributed by atoms with Crippen molar-refractivity contribution in [3.05, 3.63) is 35.1 Å².